The maximum atomic E-state index is 5.69. The van der Waals surface area contributed by atoms with Crippen LogP contribution in [-0.4, -0.2) is 47.2 Å². The number of nitrogens with zero attached hydrogens (tertiary/aromatic N) is 3. The second kappa shape index (κ2) is 6.50. The summed E-state index contributed by atoms with van der Waals surface area (Å²) in [5.74, 6) is 0.640. The molecule has 1 aliphatic carbocycles. The molecule has 5 nitrogen and oxygen atoms in total. The van der Waals surface area contributed by atoms with Crippen molar-refractivity contribution in [3.05, 3.63) is 18.1 Å². The van der Waals surface area contributed by atoms with E-state index in [0.29, 0.717) is 18.0 Å². The Labute approximate surface area is 120 Å². The SMILES string of the molecule is CN1CCCC1CCOc1cnc(CNC2CC2)cn1. The van der Waals surface area contributed by atoms with Gasteiger partial charge in [-0.25, -0.2) is 4.98 Å². The van der Waals surface area contributed by atoms with Crippen molar-refractivity contribution in [2.24, 2.45) is 0 Å². The summed E-state index contributed by atoms with van der Waals surface area (Å²) in [6.45, 7) is 2.75. The van der Waals surface area contributed by atoms with Crippen molar-refractivity contribution in [3.8, 4) is 5.88 Å². The number of ether oxygens (including phenoxy) is 1. The van der Waals surface area contributed by atoms with Gasteiger partial charge < -0.3 is 15.0 Å². The Bertz CT molecular complexity index is 418. The van der Waals surface area contributed by atoms with Crippen molar-refractivity contribution >= 4 is 0 Å². The second-order valence-electron chi connectivity index (χ2n) is 5.91. The fraction of sp³-hybridized carbons (Fsp3) is 0.733. The molecule has 0 spiro atoms. The van der Waals surface area contributed by atoms with Crippen LogP contribution in [0.3, 0.4) is 0 Å². The van der Waals surface area contributed by atoms with Gasteiger partial charge in [0.05, 0.1) is 24.7 Å². The first-order chi connectivity index (χ1) is 9.81. The molecule has 0 aromatic carbocycles. The van der Waals surface area contributed by atoms with Gasteiger partial charge in [-0.1, -0.05) is 0 Å². The molecule has 1 saturated heterocycles. The summed E-state index contributed by atoms with van der Waals surface area (Å²) >= 11 is 0. The first-order valence-electron chi connectivity index (χ1n) is 7.68. The first-order valence-corrected chi connectivity index (χ1v) is 7.68. The maximum Gasteiger partial charge on any atom is 0.232 e. The van der Waals surface area contributed by atoms with Crippen LogP contribution in [0.2, 0.25) is 0 Å². The highest BCUT2D eigenvalue weighted by Crippen LogP contribution is 2.19. The predicted octanol–water partition coefficient (Wildman–Crippen LogP) is 1.59. The van der Waals surface area contributed by atoms with Crippen molar-refractivity contribution in [2.45, 2.75) is 50.7 Å². The van der Waals surface area contributed by atoms with E-state index in [-0.39, 0.29) is 0 Å². The molecule has 1 aliphatic heterocycles. The van der Waals surface area contributed by atoms with E-state index in [1.807, 2.05) is 6.20 Å². The van der Waals surface area contributed by atoms with Gasteiger partial charge in [0.25, 0.3) is 0 Å². The van der Waals surface area contributed by atoms with Gasteiger partial charge in [0.1, 0.15) is 0 Å². The number of nitrogens with one attached hydrogen (secondary N) is 1. The third kappa shape index (κ3) is 3.90. The Morgan fingerprint density at radius 2 is 2.20 bits per heavy atom. The molecule has 2 aliphatic rings. The summed E-state index contributed by atoms with van der Waals surface area (Å²) in [6, 6.07) is 1.38. The molecule has 1 aromatic rings. The molecule has 2 heterocycles. The summed E-state index contributed by atoms with van der Waals surface area (Å²) in [5, 5.41) is 3.43. The standard InChI is InChI=1S/C15H24N4O/c1-19-7-2-3-14(19)6-8-20-15-11-17-13(10-18-15)9-16-12-4-5-12/h10-12,14,16H,2-9H2,1H3. The van der Waals surface area contributed by atoms with E-state index in [1.54, 1.807) is 6.20 Å². The molecule has 3 rings (SSSR count). The summed E-state index contributed by atoms with van der Waals surface area (Å²) < 4.78 is 5.69. The monoisotopic (exact) mass is 276 g/mol. The molecule has 2 fully saturated rings. The Morgan fingerprint density at radius 3 is 2.85 bits per heavy atom. The smallest absolute Gasteiger partial charge is 0.232 e. The van der Waals surface area contributed by atoms with Crippen molar-refractivity contribution in [3.63, 3.8) is 0 Å². The van der Waals surface area contributed by atoms with Gasteiger partial charge in [-0.05, 0) is 45.7 Å². The molecule has 1 aromatic heterocycles. The van der Waals surface area contributed by atoms with Gasteiger partial charge in [0.2, 0.25) is 5.88 Å². The van der Waals surface area contributed by atoms with Gasteiger partial charge in [-0.3, -0.25) is 4.98 Å². The molecule has 20 heavy (non-hydrogen) atoms. The van der Waals surface area contributed by atoms with Crippen LogP contribution in [0.5, 0.6) is 5.88 Å². The minimum Gasteiger partial charge on any atom is -0.477 e. The van der Waals surface area contributed by atoms with Gasteiger partial charge in [0.15, 0.2) is 0 Å². The highest BCUT2D eigenvalue weighted by Gasteiger charge is 2.21. The third-order valence-electron chi connectivity index (χ3n) is 4.20. The normalized spacial score (nSPS) is 23.1. The Hall–Kier alpha value is -1.20. The molecular weight excluding hydrogens is 252 g/mol. The van der Waals surface area contributed by atoms with Crippen molar-refractivity contribution in [1.82, 2.24) is 20.2 Å². The summed E-state index contributed by atoms with van der Waals surface area (Å²) in [7, 11) is 2.19. The lowest BCUT2D eigenvalue weighted by molar-refractivity contribution is 0.228. The van der Waals surface area contributed by atoms with Crippen molar-refractivity contribution in [1.29, 1.82) is 0 Å². The van der Waals surface area contributed by atoms with Crippen LogP contribution >= 0.6 is 0 Å². The van der Waals surface area contributed by atoms with Crippen LogP contribution in [0.25, 0.3) is 0 Å². The number of aromatic nitrogens is 2. The molecular formula is C15H24N4O. The van der Waals surface area contributed by atoms with Crippen LogP contribution in [0.4, 0.5) is 0 Å². The molecule has 5 heteroatoms. The van der Waals surface area contributed by atoms with E-state index < -0.39 is 0 Å². The molecule has 1 saturated carbocycles. The summed E-state index contributed by atoms with van der Waals surface area (Å²) in [5.41, 5.74) is 0.986. The fourth-order valence-electron chi connectivity index (χ4n) is 2.69. The molecule has 110 valence electrons. The van der Waals surface area contributed by atoms with Crippen LogP contribution in [-0.2, 0) is 6.54 Å². The zero-order valence-corrected chi connectivity index (χ0v) is 12.2. The van der Waals surface area contributed by atoms with Crippen molar-refractivity contribution in [2.75, 3.05) is 20.2 Å². The number of hydrogen-bond donors (Lipinski definition) is 1. The topological polar surface area (TPSA) is 50.3 Å². The van der Waals surface area contributed by atoms with E-state index in [0.717, 1.165) is 25.3 Å². The zero-order valence-electron chi connectivity index (χ0n) is 12.2. The molecule has 0 bridgehead atoms. The number of likely N-dealkylation sites (tertiary alicyclic amines) is 1. The maximum absolute atomic E-state index is 5.69. The van der Waals surface area contributed by atoms with Crippen LogP contribution in [0.1, 0.15) is 37.8 Å². The largest absolute Gasteiger partial charge is 0.477 e. The van der Waals surface area contributed by atoms with E-state index >= 15 is 0 Å². The Balaban J connectivity index is 1.38. The molecule has 0 amide bonds. The van der Waals surface area contributed by atoms with E-state index in [4.69, 9.17) is 4.74 Å². The lowest BCUT2D eigenvalue weighted by Gasteiger charge is -2.18. The summed E-state index contributed by atoms with van der Waals surface area (Å²) in [6.07, 6.45) is 9.81. The van der Waals surface area contributed by atoms with Gasteiger partial charge >= 0.3 is 0 Å². The third-order valence-corrected chi connectivity index (χ3v) is 4.20. The lowest BCUT2D eigenvalue weighted by Crippen LogP contribution is -2.26. The first kappa shape index (κ1) is 13.8. The van der Waals surface area contributed by atoms with E-state index in [2.05, 4.69) is 27.2 Å². The minimum absolute atomic E-state index is 0.640. The molecule has 1 unspecified atom stereocenters. The average molecular weight is 276 g/mol. The summed E-state index contributed by atoms with van der Waals surface area (Å²) in [4.78, 5) is 11.1. The number of rotatable bonds is 7. The van der Waals surface area contributed by atoms with E-state index in [9.17, 15) is 0 Å². The Kier molecular flexibility index (Phi) is 4.47. The lowest BCUT2D eigenvalue weighted by atomic mass is 10.1. The molecule has 1 N–H and O–H groups in total. The quantitative estimate of drug-likeness (QED) is 0.819. The van der Waals surface area contributed by atoms with Gasteiger partial charge in [0, 0.05) is 18.6 Å². The highest BCUT2D eigenvalue weighted by molar-refractivity contribution is 5.07. The predicted molar refractivity (Wildman–Crippen MR) is 77.7 cm³/mol. The molecule has 1 atom stereocenters. The van der Waals surface area contributed by atoms with Crippen molar-refractivity contribution < 1.29 is 4.74 Å². The fourth-order valence-corrected chi connectivity index (χ4v) is 2.69. The second-order valence-corrected chi connectivity index (χ2v) is 5.91. The van der Waals surface area contributed by atoms with Crippen LogP contribution in [0, 0.1) is 0 Å². The van der Waals surface area contributed by atoms with Gasteiger partial charge in [-0.2, -0.15) is 0 Å². The zero-order chi connectivity index (χ0) is 13.8. The van der Waals surface area contributed by atoms with E-state index in [1.165, 1.54) is 32.2 Å². The minimum atomic E-state index is 0.640. The molecule has 0 radical (unpaired) electrons. The van der Waals surface area contributed by atoms with Gasteiger partial charge in [-0.15, -0.1) is 0 Å². The van der Waals surface area contributed by atoms with Crippen LogP contribution < -0.4 is 10.1 Å². The number of hydrogen-bond acceptors (Lipinski definition) is 5. The van der Waals surface area contributed by atoms with Crippen LogP contribution in [0.15, 0.2) is 12.4 Å². The highest BCUT2D eigenvalue weighted by atomic mass is 16.5. The Morgan fingerprint density at radius 1 is 1.30 bits per heavy atom. The average Bonchev–Trinajstić information content (AvgIpc) is 3.21.